The summed E-state index contributed by atoms with van der Waals surface area (Å²) < 4.78 is 94.7. The molecular formula is C21H15F5N6O4S. The maximum atomic E-state index is 13.7. The van der Waals surface area contributed by atoms with Crippen molar-refractivity contribution in [1.82, 2.24) is 24.6 Å². The normalized spacial score (nSPS) is 14.8. The first-order chi connectivity index (χ1) is 17.2. The first-order valence-corrected chi connectivity index (χ1v) is 12.0. The Bertz CT molecular complexity index is 1660. The predicted molar refractivity (Wildman–Crippen MR) is 118 cm³/mol. The number of rotatable bonds is 6. The van der Waals surface area contributed by atoms with Crippen LogP contribution in [0.5, 0.6) is 5.88 Å². The summed E-state index contributed by atoms with van der Waals surface area (Å²) in [7, 11) is -6.06. The monoisotopic (exact) mass is 542 g/mol. The Morgan fingerprint density at radius 1 is 1.11 bits per heavy atom. The molecule has 1 amide bonds. The summed E-state index contributed by atoms with van der Waals surface area (Å²) in [6.07, 6.45) is 4.43. The smallest absolute Gasteiger partial charge is 0.355 e. The fourth-order valence-corrected chi connectivity index (χ4v) is 3.84. The lowest BCUT2D eigenvalue weighted by Gasteiger charge is -2.12. The molecule has 0 bridgehead atoms. The lowest BCUT2D eigenvalue weighted by molar-refractivity contribution is -0.117. The molecule has 0 unspecified atom stereocenters. The maximum absolute atomic E-state index is 13.7. The summed E-state index contributed by atoms with van der Waals surface area (Å²) in [4.78, 5) is 24.1. The number of amides is 1. The third-order valence-electron chi connectivity index (χ3n) is 5.49. The number of anilines is 1. The largest absolute Gasteiger partial charge is 0.534 e. The van der Waals surface area contributed by atoms with Crippen molar-refractivity contribution in [3.05, 3.63) is 42.4 Å². The number of pyridine rings is 3. The fourth-order valence-electron chi connectivity index (χ4n) is 3.41. The van der Waals surface area contributed by atoms with Crippen LogP contribution in [-0.4, -0.2) is 44.4 Å². The topological polar surface area (TPSA) is 128 Å². The minimum absolute atomic E-state index is 0.0261. The second kappa shape index (κ2) is 8.29. The van der Waals surface area contributed by atoms with Crippen molar-refractivity contribution < 1.29 is 39.3 Å². The minimum atomic E-state index is -6.06. The molecular weight excluding hydrogens is 527 g/mol. The van der Waals surface area contributed by atoms with Gasteiger partial charge < -0.3 is 9.50 Å². The van der Waals surface area contributed by atoms with Crippen LogP contribution in [-0.2, 0) is 20.8 Å². The van der Waals surface area contributed by atoms with Gasteiger partial charge in [-0.15, -0.1) is 5.10 Å². The van der Waals surface area contributed by atoms with Crippen LogP contribution < -0.4 is 9.50 Å². The van der Waals surface area contributed by atoms with Gasteiger partial charge in [0.25, 0.3) is 5.92 Å². The van der Waals surface area contributed by atoms with Crippen molar-refractivity contribution in [1.29, 1.82) is 0 Å². The molecule has 0 spiro atoms. The molecule has 4 aromatic heterocycles. The van der Waals surface area contributed by atoms with Crippen LogP contribution in [0, 0.1) is 5.92 Å². The van der Waals surface area contributed by atoms with Gasteiger partial charge in [-0.3, -0.25) is 4.79 Å². The van der Waals surface area contributed by atoms with Gasteiger partial charge in [-0.2, -0.15) is 21.6 Å². The minimum Gasteiger partial charge on any atom is -0.355 e. The molecule has 0 aromatic carbocycles. The molecule has 16 heteroatoms. The Hall–Kier alpha value is -3.95. The Labute approximate surface area is 204 Å². The summed E-state index contributed by atoms with van der Waals surface area (Å²) in [6, 6.07) is 3.74. The van der Waals surface area contributed by atoms with Gasteiger partial charge in [0.1, 0.15) is 5.82 Å². The van der Waals surface area contributed by atoms with Gasteiger partial charge in [0.05, 0.1) is 5.39 Å². The van der Waals surface area contributed by atoms with E-state index in [1.807, 2.05) is 0 Å². The zero-order chi connectivity index (χ0) is 26.8. The molecule has 1 fully saturated rings. The van der Waals surface area contributed by atoms with E-state index in [1.165, 1.54) is 18.2 Å². The standard InChI is InChI=1S/C21H15F5N6O4S/c1-20(22,23)11-4-5-16-30-17(31-32(16)9-11)13-7-28-19(36-37(34,35)21(24,25)26)14-8-27-15(6-12(13)14)29-18(33)10-2-3-10/h4-10H,2-3H2,1H3,(H,27,29,33). The lowest BCUT2D eigenvalue weighted by atomic mass is 10.1. The highest BCUT2D eigenvalue weighted by atomic mass is 32.2. The lowest BCUT2D eigenvalue weighted by Crippen LogP contribution is -2.28. The highest BCUT2D eigenvalue weighted by Crippen LogP contribution is 2.36. The Morgan fingerprint density at radius 2 is 1.84 bits per heavy atom. The molecule has 0 aliphatic heterocycles. The van der Waals surface area contributed by atoms with Crippen molar-refractivity contribution in [2.24, 2.45) is 5.92 Å². The van der Waals surface area contributed by atoms with Crippen LogP contribution in [0.15, 0.2) is 36.8 Å². The van der Waals surface area contributed by atoms with Crippen LogP contribution in [0.2, 0.25) is 0 Å². The van der Waals surface area contributed by atoms with Crippen LogP contribution in [0.4, 0.5) is 27.8 Å². The van der Waals surface area contributed by atoms with Crippen molar-refractivity contribution in [3.8, 4) is 17.3 Å². The molecule has 5 rings (SSSR count). The summed E-state index contributed by atoms with van der Waals surface area (Å²) in [5.41, 5.74) is -5.79. The third-order valence-corrected chi connectivity index (χ3v) is 6.43. The van der Waals surface area contributed by atoms with Gasteiger partial charge in [0.2, 0.25) is 11.8 Å². The zero-order valence-electron chi connectivity index (χ0n) is 18.6. The van der Waals surface area contributed by atoms with Crippen molar-refractivity contribution in [2.45, 2.75) is 31.2 Å². The molecule has 0 atom stereocenters. The first-order valence-electron chi connectivity index (χ1n) is 10.6. The van der Waals surface area contributed by atoms with E-state index in [2.05, 4.69) is 29.6 Å². The number of halogens is 5. The average molecular weight is 542 g/mol. The van der Waals surface area contributed by atoms with E-state index in [-0.39, 0.29) is 51.0 Å². The van der Waals surface area contributed by atoms with Crippen LogP contribution in [0.25, 0.3) is 27.8 Å². The van der Waals surface area contributed by atoms with Gasteiger partial charge in [-0.05, 0) is 31.0 Å². The summed E-state index contributed by atoms with van der Waals surface area (Å²) in [5, 5.41) is 6.53. The number of fused-ring (bicyclic) bond motifs is 2. The third kappa shape index (κ3) is 4.75. The summed E-state index contributed by atoms with van der Waals surface area (Å²) in [5.74, 6) is -4.60. The van der Waals surface area contributed by atoms with Crippen LogP contribution in [0.3, 0.4) is 0 Å². The second-order valence-corrected chi connectivity index (χ2v) is 9.92. The zero-order valence-corrected chi connectivity index (χ0v) is 19.4. The summed E-state index contributed by atoms with van der Waals surface area (Å²) >= 11 is 0. The highest BCUT2D eigenvalue weighted by molar-refractivity contribution is 7.88. The molecule has 1 aliphatic carbocycles. The molecule has 4 heterocycles. The van der Waals surface area contributed by atoms with Gasteiger partial charge in [-0.1, -0.05) is 0 Å². The molecule has 1 N–H and O–H groups in total. The number of hydrogen-bond acceptors (Lipinski definition) is 8. The number of alkyl halides is 5. The van der Waals surface area contributed by atoms with E-state index in [9.17, 15) is 35.2 Å². The van der Waals surface area contributed by atoms with E-state index < -0.39 is 27.4 Å². The van der Waals surface area contributed by atoms with E-state index in [4.69, 9.17) is 0 Å². The quantitative estimate of drug-likeness (QED) is 0.220. The van der Waals surface area contributed by atoms with Gasteiger partial charge in [0, 0.05) is 47.9 Å². The Balaban J connectivity index is 1.65. The van der Waals surface area contributed by atoms with Crippen molar-refractivity contribution in [2.75, 3.05) is 5.32 Å². The van der Waals surface area contributed by atoms with Crippen LogP contribution in [0.1, 0.15) is 25.3 Å². The van der Waals surface area contributed by atoms with Crippen molar-refractivity contribution in [3.63, 3.8) is 0 Å². The maximum Gasteiger partial charge on any atom is 0.534 e. The van der Waals surface area contributed by atoms with Gasteiger partial charge >= 0.3 is 15.6 Å². The number of hydrogen-bond donors (Lipinski definition) is 1. The molecule has 37 heavy (non-hydrogen) atoms. The molecule has 1 aliphatic rings. The molecule has 194 valence electrons. The number of nitrogens with zero attached hydrogens (tertiary/aromatic N) is 5. The molecule has 1 saturated carbocycles. The predicted octanol–water partition coefficient (Wildman–Crippen LogP) is 4.03. The first kappa shape index (κ1) is 24.7. The highest BCUT2D eigenvalue weighted by Gasteiger charge is 2.49. The van der Waals surface area contributed by atoms with Crippen LogP contribution >= 0.6 is 0 Å². The Kier molecular flexibility index (Phi) is 5.54. The van der Waals surface area contributed by atoms with E-state index >= 15 is 0 Å². The molecule has 0 saturated heterocycles. The molecule has 0 radical (unpaired) electrons. The van der Waals surface area contributed by atoms with E-state index in [1.54, 1.807) is 0 Å². The molecule has 10 nitrogen and oxygen atoms in total. The van der Waals surface area contributed by atoms with Gasteiger partial charge in [0.15, 0.2) is 11.5 Å². The van der Waals surface area contributed by atoms with Crippen molar-refractivity contribution >= 4 is 38.3 Å². The SMILES string of the molecule is CC(F)(F)c1ccc2nc(-c3cnc(OS(=O)(=O)C(F)(F)F)c4cnc(NC(=O)C5CC5)cc34)nn2c1. The second-order valence-electron chi connectivity index (χ2n) is 8.38. The molecule has 4 aromatic rings. The number of aromatic nitrogens is 5. The average Bonchev–Trinajstić information content (AvgIpc) is 3.56. The number of carbonyl (C=O) groups excluding carboxylic acids is 1. The van der Waals surface area contributed by atoms with Gasteiger partial charge in [-0.25, -0.2) is 28.2 Å². The van der Waals surface area contributed by atoms with E-state index in [0.29, 0.717) is 19.8 Å². The Morgan fingerprint density at radius 3 is 2.49 bits per heavy atom. The fraction of sp³-hybridized carbons (Fsp3) is 0.286. The number of carbonyl (C=O) groups is 1. The summed E-state index contributed by atoms with van der Waals surface area (Å²) in [6.45, 7) is 0.710. The van der Waals surface area contributed by atoms with E-state index in [0.717, 1.165) is 23.1 Å². The number of nitrogens with one attached hydrogen (secondary N) is 1.